The van der Waals surface area contributed by atoms with Gasteiger partial charge >= 0.3 is 0 Å². The fourth-order valence-corrected chi connectivity index (χ4v) is 3.67. The highest BCUT2D eigenvalue weighted by molar-refractivity contribution is 5.75. The number of nitrogens with zero attached hydrogens (tertiary/aromatic N) is 2. The van der Waals surface area contributed by atoms with Gasteiger partial charge in [-0.05, 0) is 37.3 Å². The molecule has 2 N–H and O–H groups in total. The minimum Gasteiger partial charge on any atom is -0.326 e. The molecule has 114 valence electrons. The molecule has 1 atom stereocenters. The summed E-state index contributed by atoms with van der Waals surface area (Å²) in [5, 5.41) is 0. The summed E-state index contributed by atoms with van der Waals surface area (Å²) in [6.07, 6.45) is 8.86. The van der Waals surface area contributed by atoms with Crippen molar-refractivity contribution in [2.75, 3.05) is 0 Å². The maximum Gasteiger partial charge on any atom is 0.109 e. The second-order valence-electron chi connectivity index (χ2n) is 6.44. The van der Waals surface area contributed by atoms with Crippen molar-refractivity contribution in [1.82, 2.24) is 9.55 Å². The average Bonchev–Trinajstić information content (AvgIpc) is 2.86. The Morgan fingerprint density at radius 1 is 1.24 bits per heavy atom. The van der Waals surface area contributed by atoms with Gasteiger partial charge in [-0.25, -0.2) is 4.98 Å². The van der Waals surface area contributed by atoms with E-state index in [1.807, 2.05) is 0 Å². The lowest BCUT2D eigenvalue weighted by Gasteiger charge is -2.28. The number of benzene rings is 1. The van der Waals surface area contributed by atoms with E-state index >= 15 is 0 Å². The van der Waals surface area contributed by atoms with Crippen LogP contribution in [0.2, 0.25) is 0 Å². The number of hydrogen-bond donors (Lipinski definition) is 1. The molecule has 21 heavy (non-hydrogen) atoms. The first-order valence-electron chi connectivity index (χ1n) is 8.49. The third kappa shape index (κ3) is 3.13. The average molecular weight is 285 g/mol. The number of aromatic nitrogens is 2. The fraction of sp³-hybridized carbons (Fsp3) is 0.611. The summed E-state index contributed by atoms with van der Waals surface area (Å²) in [6.45, 7) is 3.13. The van der Waals surface area contributed by atoms with Crippen molar-refractivity contribution in [2.45, 2.75) is 64.5 Å². The molecule has 0 bridgehead atoms. The van der Waals surface area contributed by atoms with Crippen LogP contribution in [0.5, 0.6) is 0 Å². The molecule has 0 amide bonds. The largest absolute Gasteiger partial charge is 0.326 e. The van der Waals surface area contributed by atoms with Gasteiger partial charge in [-0.3, -0.25) is 0 Å². The monoisotopic (exact) mass is 285 g/mol. The molecule has 1 unspecified atom stereocenters. The molecule has 0 saturated heterocycles. The lowest BCUT2D eigenvalue weighted by atomic mass is 9.84. The summed E-state index contributed by atoms with van der Waals surface area (Å²) in [6, 6.07) is 8.71. The van der Waals surface area contributed by atoms with Crippen molar-refractivity contribution in [1.29, 1.82) is 0 Å². The Labute approximate surface area is 127 Å². The van der Waals surface area contributed by atoms with Crippen molar-refractivity contribution in [3.8, 4) is 0 Å². The maximum absolute atomic E-state index is 6.55. The smallest absolute Gasteiger partial charge is 0.109 e. The first-order valence-corrected chi connectivity index (χ1v) is 8.49. The second-order valence-corrected chi connectivity index (χ2v) is 6.44. The van der Waals surface area contributed by atoms with Gasteiger partial charge in [-0.1, -0.05) is 38.3 Å². The number of hydrogen-bond acceptors (Lipinski definition) is 2. The third-order valence-electron chi connectivity index (χ3n) is 4.86. The Kier molecular flexibility index (Phi) is 4.59. The lowest BCUT2D eigenvalue weighted by Crippen LogP contribution is -2.36. The molecule has 1 aromatic heterocycles. The zero-order chi connectivity index (χ0) is 14.7. The van der Waals surface area contributed by atoms with E-state index in [1.54, 1.807) is 0 Å². The number of imidazole rings is 1. The standard InChI is InChI=1S/C18H27N3/c1-2-8-18-20-16-11-6-7-12-17(16)21(18)13-15(19)14-9-4-3-5-10-14/h6-7,11-12,14-15H,2-5,8-10,13,19H2,1H3. The molecule has 3 nitrogen and oxygen atoms in total. The number of nitrogens with two attached hydrogens (primary N) is 1. The van der Waals surface area contributed by atoms with Gasteiger partial charge in [-0.2, -0.15) is 0 Å². The molecule has 3 rings (SSSR count). The number of aryl methyl sites for hydroxylation is 1. The van der Waals surface area contributed by atoms with E-state index < -0.39 is 0 Å². The third-order valence-corrected chi connectivity index (χ3v) is 4.86. The van der Waals surface area contributed by atoms with Crippen molar-refractivity contribution in [3.05, 3.63) is 30.1 Å². The van der Waals surface area contributed by atoms with Crippen molar-refractivity contribution in [3.63, 3.8) is 0 Å². The van der Waals surface area contributed by atoms with Gasteiger partial charge in [0, 0.05) is 19.0 Å². The summed E-state index contributed by atoms with van der Waals surface area (Å²) in [7, 11) is 0. The minimum absolute atomic E-state index is 0.263. The highest BCUT2D eigenvalue weighted by atomic mass is 15.1. The van der Waals surface area contributed by atoms with Crippen LogP contribution in [0.3, 0.4) is 0 Å². The molecule has 1 heterocycles. The van der Waals surface area contributed by atoms with Gasteiger partial charge < -0.3 is 10.3 Å². The van der Waals surface area contributed by atoms with Crippen molar-refractivity contribution < 1.29 is 0 Å². The molecule has 0 aliphatic heterocycles. The predicted octanol–water partition coefficient (Wildman–Crippen LogP) is 3.90. The summed E-state index contributed by atoms with van der Waals surface area (Å²) in [4.78, 5) is 4.81. The molecule has 2 aromatic rings. The van der Waals surface area contributed by atoms with Gasteiger partial charge in [-0.15, -0.1) is 0 Å². The molecule has 0 spiro atoms. The summed E-state index contributed by atoms with van der Waals surface area (Å²) >= 11 is 0. The Hall–Kier alpha value is -1.35. The van der Waals surface area contributed by atoms with Crippen LogP contribution in [0.4, 0.5) is 0 Å². The van der Waals surface area contributed by atoms with Crippen LogP contribution in [-0.4, -0.2) is 15.6 Å². The molecular formula is C18H27N3. The minimum atomic E-state index is 0.263. The van der Waals surface area contributed by atoms with Gasteiger partial charge in [0.2, 0.25) is 0 Å². The molecule has 0 radical (unpaired) electrons. The Bertz CT molecular complexity index is 581. The molecule has 1 saturated carbocycles. The molecule has 1 aromatic carbocycles. The van der Waals surface area contributed by atoms with E-state index in [9.17, 15) is 0 Å². The quantitative estimate of drug-likeness (QED) is 0.905. The molecular weight excluding hydrogens is 258 g/mol. The van der Waals surface area contributed by atoms with Crippen LogP contribution in [0, 0.1) is 5.92 Å². The van der Waals surface area contributed by atoms with E-state index in [0.717, 1.165) is 24.9 Å². The lowest BCUT2D eigenvalue weighted by molar-refractivity contribution is 0.285. The molecule has 1 fully saturated rings. The first kappa shape index (κ1) is 14.6. The van der Waals surface area contributed by atoms with Crippen LogP contribution in [0.25, 0.3) is 11.0 Å². The van der Waals surface area contributed by atoms with Crippen molar-refractivity contribution >= 4 is 11.0 Å². The second kappa shape index (κ2) is 6.61. The van der Waals surface area contributed by atoms with Crippen LogP contribution in [-0.2, 0) is 13.0 Å². The van der Waals surface area contributed by atoms with Crippen LogP contribution >= 0.6 is 0 Å². The SMILES string of the molecule is CCCc1nc2ccccc2n1CC(N)C1CCCCC1. The van der Waals surface area contributed by atoms with E-state index in [-0.39, 0.29) is 6.04 Å². The van der Waals surface area contributed by atoms with Crippen molar-refractivity contribution in [2.24, 2.45) is 11.7 Å². The highest BCUT2D eigenvalue weighted by Gasteiger charge is 2.22. The number of fused-ring (bicyclic) bond motifs is 1. The molecule has 1 aliphatic rings. The van der Waals surface area contributed by atoms with E-state index in [1.165, 1.54) is 43.4 Å². The number of rotatable bonds is 5. The van der Waals surface area contributed by atoms with E-state index in [2.05, 4.69) is 35.8 Å². The van der Waals surface area contributed by atoms with E-state index in [0.29, 0.717) is 5.92 Å². The molecule has 3 heteroatoms. The summed E-state index contributed by atoms with van der Waals surface area (Å²) in [5.41, 5.74) is 8.90. The van der Waals surface area contributed by atoms with Crippen LogP contribution in [0.1, 0.15) is 51.3 Å². The summed E-state index contributed by atoms with van der Waals surface area (Å²) < 4.78 is 2.37. The zero-order valence-corrected chi connectivity index (χ0v) is 13.1. The predicted molar refractivity (Wildman–Crippen MR) is 88.3 cm³/mol. The Morgan fingerprint density at radius 3 is 2.76 bits per heavy atom. The van der Waals surface area contributed by atoms with Gasteiger partial charge in [0.05, 0.1) is 11.0 Å². The first-order chi connectivity index (χ1) is 10.3. The fourth-order valence-electron chi connectivity index (χ4n) is 3.67. The van der Waals surface area contributed by atoms with Gasteiger partial charge in [0.25, 0.3) is 0 Å². The van der Waals surface area contributed by atoms with Gasteiger partial charge in [0.15, 0.2) is 0 Å². The Balaban J connectivity index is 1.85. The topological polar surface area (TPSA) is 43.8 Å². The summed E-state index contributed by atoms with van der Waals surface area (Å²) in [5.74, 6) is 1.89. The van der Waals surface area contributed by atoms with Crippen LogP contribution < -0.4 is 5.73 Å². The normalized spacial score (nSPS) is 18.2. The molecule has 1 aliphatic carbocycles. The number of para-hydroxylation sites is 2. The van der Waals surface area contributed by atoms with Crippen LogP contribution in [0.15, 0.2) is 24.3 Å². The van der Waals surface area contributed by atoms with E-state index in [4.69, 9.17) is 10.7 Å². The Morgan fingerprint density at radius 2 is 2.00 bits per heavy atom. The highest BCUT2D eigenvalue weighted by Crippen LogP contribution is 2.27. The van der Waals surface area contributed by atoms with Gasteiger partial charge in [0.1, 0.15) is 5.82 Å². The zero-order valence-electron chi connectivity index (χ0n) is 13.1. The maximum atomic E-state index is 6.55.